The maximum Gasteiger partial charge on any atom is 0.264 e. The van der Waals surface area contributed by atoms with E-state index in [-0.39, 0.29) is 29.7 Å². The van der Waals surface area contributed by atoms with E-state index in [0.717, 1.165) is 0 Å². The van der Waals surface area contributed by atoms with E-state index >= 15 is 0 Å². The van der Waals surface area contributed by atoms with Gasteiger partial charge in [0.1, 0.15) is 11.5 Å². The van der Waals surface area contributed by atoms with Gasteiger partial charge < -0.3 is 9.47 Å². The van der Waals surface area contributed by atoms with E-state index in [2.05, 4.69) is 0 Å². The zero-order chi connectivity index (χ0) is 18.9. The molecule has 0 aliphatic carbocycles. The summed E-state index contributed by atoms with van der Waals surface area (Å²) in [5.41, 5.74) is 0.739. The third kappa shape index (κ3) is 3.39. The minimum absolute atomic E-state index is 0.00454. The fourth-order valence-electron chi connectivity index (χ4n) is 2.88. The molecule has 6 nitrogen and oxygen atoms in total. The van der Waals surface area contributed by atoms with Crippen LogP contribution in [0.5, 0.6) is 11.5 Å². The van der Waals surface area contributed by atoms with Crippen LogP contribution in [0, 0.1) is 0 Å². The molecule has 0 unspecified atom stereocenters. The summed E-state index contributed by atoms with van der Waals surface area (Å²) < 4.78 is 38.3. The number of rotatable bonds is 5. The topological polar surface area (TPSA) is 72.9 Å². The van der Waals surface area contributed by atoms with Crippen molar-refractivity contribution in [3.05, 3.63) is 48.0 Å². The summed E-state index contributed by atoms with van der Waals surface area (Å²) >= 11 is 0. The van der Waals surface area contributed by atoms with Crippen molar-refractivity contribution in [2.45, 2.75) is 31.3 Å². The number of hydrogen-bond acceptors (Lipinski definition) is 5. The van der Waals surface area contributed by atoms with E-state index in [1.807, 2.05) is 13.8 Å². The van der Waals surface area contributed by atoms with Gasteiger partial charge in [0.2, 0.25) is 0 Å². The molecule has 0 radical (unpaired) electrons. The Morgan fingerprint density at radius 2 is 1.69 bits per heavy atom. The number of methoxy groups -OCH3 is 1. The summed E-state index contributed by atoms with van der Waals surface area (Å²) in [6, 6.07) is 11.2. The van der Waals surface area contributed by atoms with E-state index in [9.17, 15) is 13.2 Å². The summed E-state index contributed by atoms with van der Waals surface area (Å²) in [6.45, 7) is 3.91. The van der Waals surface area contributed by atoms with Crippen LogP contribution in [0.3, 0.4) is 0 Å². The number of carbonyl (C=O) groups is 1. The minimum Gasteiger partial charge on any atom is -0.497 e. The lowest BCUT2D eigenvalue weighted by Crippen LogP contribution is -2.37. The molecule has 0 saturated heterocycles. The van der Waals surface area contributed by atoms with Crippen molar-refractivity contribution < 1.29 is 22.7 Å². The van der Waals surface area contributed by atoms with Crippen LogP contribution in [0.4, 0.5) is 5.69 Å². The molecule has 0 amide bonds. The van der Waals surface area contributed by atoms with Crippen molar-refractivity contribution in [2.24, 2.45) is 0 Å². The molecule has 0 N–H and O–H groups in total. The Kier molecular flexibility index (Phi) is 4.91. The SMILES string of the molecule is COc1ccc2c(c1)N(S(=O)(=O)c1ccc(OC(C)C)cc1)CCC2=O. The van der Waals surface area contributed by atoms with Gasteiger partial charge >= 0.3 is 0 Å². The monoisotopic (exact) mass is 375 g/mol. The summed E-state index contributed by atoms with van der Waals surface area (Å²) in [5.74, 6) is 1.03. The van der Waals surface area contributed by atoms with Crippen molar-refractivity contribution in [2.75, 3.05) is 18.0 Å². The van der Waals surface area contributed by atoms with Gasteiger partial charge in [-0.2, -0.15) is 0 Å². The normalized spacial score (nSPS) is 14.3. The second-order valence-corrected chi connectivity index (χ2v) is 8.13. The zero-order valence-electron chi connectivity index (χ0n) is 14.9. The number of carbonyl (C=O) groups excluding carboxylic acids is 1. The fraction of sp³-hybridized carbons (Fsp3) is 0.316. The highest BCUT2D eigenvalue weighted by molar-refractivity contribution is 7.92. The van der Waals surface area contributed by atoms with Crippen LogP contribution in [0.2, 0.25) is 0 Å². The second kappa shape index (κ2) is 6.99. The highest BCUT2D eigenvalue weighted by Crippen LogP contribution is 2.35. The first kappa shape index (κ1) is 18.3. The maximum absolute atomic E-state index is 13.1. The molecule has 26 heavy (non-hydrogen) atoms. The van der Waals surface area contributed by atoms with Gasteiger partial charge in [-0.25, -0.2) is 8.42 Å². The molecule has 138 valence electrons. The average molecular weight is 375 g/mol. The third-order valence-corrected chi connectivity index (χ3v) is 5.93. The Bertz CT molecular complexity index is 919. The smallest absolute Gasteiger partial charge is 0.264 e. The minimum atomic E-state index is -3.80. The molecule has 0 saturated carbocycles. The zero-order valence-corrected chi connectivity index (χ0v) is 15.7. The first-order valence-corrected chi connectivity index (χ1v) is 9.77. The van der Waals surface area contributed by atoms with Crippen LogP contribution in [0.25, 0.3) is 0 Å². The molecular formula is C19H21NO5S. The fourth-order valence-corrected chi connectivity index (χ4v) is 4.35. The van der Waals surface area contributed by atoms with Gasteiger partial charge in [-0.15, -0.1) is 0 Å². The summed E-state index contributed by atoms with van der Waals surface area (Å²) in [5, 5.41) is 0. The van der Waals surface area contributed by atoms with Gasteiger partial charge in [0.15, 0.2) is 5.78 Å². The molecule has 0 fully saturated rings. The van der Waals surface area contributed by atoms with Crippen LogP contribution >= 0.6 is 0 Å². The quantitative estimate of drug-likeness (QED) is 0.802. The Hall–Kier alpha value is -2.54. The Morgan fingerprint density at radius 3 is 2.31 bits per heavy atom. The predicted octanol–water partition coefficient (Wildman–Crippen LogP) is 3.26. The van der Waals surface area contributed by atoms with Crippen LogP contribution in [-0.2, 0) is 10.0 Å². The Balaban J connectivity index is 2.00. The first-order chi connectivity index (χ1) is 12.3. The summed E-state index contributed by atoms with van der Waals surface area (Å²) in [4.78, 5) is 12.3. The van der Waals surface area contributed by atoms with Gasteiger partial charge in [-0.05, 0) is 50.2 Å². The second-order valence-electron chi connectivity index (χ2n) is 6.27. The maximum atomic E-state index is 13.1. The van der Waals surface area contributed by atoms with Crippen molar-refractivity contribution in [3.8, 4) is 11.5 Å². The van der Waals surface area contributed by atoms with Gasteiger partial charge in [0, 0.05) is 24.6 Å². The molecule has 0 bridgehead atoms. The van der Waals surface area contributed by atoms with Crippen LogP contribution in [-0.4, -0.2) is 34.0 Å². The molecule has 3 rings (SSSR count). The van der Waals surface area contributed by atoms with Crippen molar-refractivity contribution in [1.82, 2.24) is 0 Å². The molecule has 2 aromatic carbocycles. The van der Waals surface area contributed by atoms with Crippen molar-refractivity contribution >= 4 is 21.5 Å². The number of ketones is 1. The van der Waals surface area contributed by atoms with Gasteiger partial charge in [-0.3, -0.25) is 9.10 Å². The number of sulfonamides is 1. The van der Waals surface area contributed by atoms with Gasteiger partial charge in [0.25, 0.3) is 10.0 Å². The highest BCUT2D eigenvalue weighted by atomic mass is 32.2. The average Bonchev–Trinajstić information content (AvgIpc) is 2.61. The van der Waals surface area contributed by atoms with E-state index in [0.29, 0.717) is 22.7 Å². The van der Waals surface area contributed by atoms with Crippen LogP contribution in [0.15, 0.2) is 47.4 Å². The number of fused-ring (bicyclic) bond motifs is 1. The molecule has 0 spiro atoms. The molecule has 7 heteroatoms. The number of ether oxygens (including phenoxy) is 2. The largest absolute Gasteiger partial charge is 0.497 e. The Labute approximate surface area is 153 Å². The summed E-state index contributed by atoms with van der Waals surface area (Å²) in [6.07, 6.45) is 0.150. The standard InChI is InChI=1S/C19H21NO5S/c1-13(2)25-14-4-7-16(8-5-14)26(22,23)20-11-10-19(21)17-9-6-15(24-3)12-18(17)20/h4-9,12-13H,10-11H2,1-3H3. The molecule has 0 aromatic heterocycles. The van der Waals surface area contributed by atoms with Crippen LogP contribution < -0.4 is 13.8 Å². The lowest BCUT2D eigenvalue weighted by atomic mass is 10.0. The van der Waals surface area contributed by atoms with Crippen molar-refractivity contribution in [3.63, 3.8) is 0 Å². The molecular weight excluding hydrogens is 354 g/mol. The van der Waals surface area contributed by atoms with Crippen molar-refractivity contribution in [1.29, 1.82) is 0 Å². The lowest BCUT2D eigenvalue weighted by molar-refractivity contribution is 0.0982. The number of nitrogens with zero attached hydrogens (tertiary/aromatic N) is 1. The molecule has 1 aliphatic heterocycles. The number of hydrogen-bond donors (Lipinski definition) is 0. The predicted molar refractivity (Wildman–Crippen MR) is 98.7 cm³/mol. The molecule has 0 atom stereocenters. The Morgan fingerprint density at radius 1 is 1.04 bits per heavy atom. The van der Waals surface area contributed by atoms with Gasteiger partial charge in [0.05, 0.1) is 23.8 Å². The highest BCUT2D eigenvalue weighted by Gasteiger charge is 2.32. The summed E-state index contributed by atoms with van der Waals surface area (Å²) in [7, 11) is -2.30. The third-order valence-electron chi connectivity index (χ3n) is 4.10. The van der Waals surface area contributed by atoms with E-state index in [4.69, 9.17) is 9.47 Å². The first-order valence-electron chi connectivity index (χ1n) is 8.33. The lowest BCUT2D eigenvalue weighted by Gasteiger charge is -2.30. The number of Topliss-reactive ketones (excluding diaryl/α,β-unsaturated/α-hetero) is 1. The molecule has 1 heterocycles. The molecule has 1 aliphatic rings. The van der Waals surface area contributed by atoms with E-state index in [1.54, 1.807) is 30.3 Å². The molecule has 2 aromatic rings. The number of anilines is 1. The van der Waals surface area contributed by atoms with Crippen LogP contribution in [0.1, 0.15) is 30.6 Å². The van der Waals surface area contributed by atoms with E-state index in [1.165, 1.54) is 23.5 Å². The van der Waals surface area contributed by atoms with Gasteiger partial charge in [-0.1, -0.05) is 0 Å². The number of benzene rings is 2. The van der Waals surface area contributed by atoms with E-state index < -0.39 is 10.0 Å².